The van der Waals surface area contributed by atoms with Gasteiger partial charge in [0, 0.05) is 28.1 Å². The van der Waals surface area contributed by atoms with Crippen LogP contribution in [0, 0.1) is 31.6 Å². The molecule has 0 saturated heterocycles. The van der Waals surface area contributed by atoms with Crippen LogP contribution in [-0.4, -0.2) is 4.57 Å². The van der Waals surface area contributed by atoms with E-state index < -0.39 is 0 Å². The molecule has 0 aliphatic carbocycles. The quantitative estimate of drug-likeness (QED) is 0.103. The minimum atomic E-state index is -0.142. The molecule has 2 nitrogen and oxygen atoms in total. The highest BCUT2D eigenvalue weighted by Gasteiger charge is 2.16. The Balaban J connectivity index is 1.22. The molecule has 254 valence electrons. The molecule has 2 heteroatoms. The summed E-state index contributed by atoms with van der Waals surface area (Å²) in [7, 11) is 0. The van der Waals surface area contributed by atoms with Gasteiger partial charge >= 0.3 is 0 Å². The van der Waals surface area contributed by atoms with Gasteiger partial charge in [-0.2, -0.15) is 0 Å². The number of nitrogens with zero attached hydrogens (tertiary/aromatic N) is 2. The highest BCUT2D eigenvalue weighted by atomic mass is 15.1. The van der Waals surface area contributed by atoms with Gasteiger partial charge in [-0.25, -0.2) is 0 Å². The molecule has 1 heterocycles. The van der Waals surface area contributed by atoms with Crippen molar-refractivity contribution in [2.75, 3.05) is 4.90 Å². The Kier molecular flexibility index (Phi) is 10.3. The minimum Gasteiger partial charge on any atom is -0.311 e. The van der Waals surface area contributed by atoms with E-state index in [0.29, 0.717) is 0 Å². The molecule has 1 unspecified atom stereocenters. The molecule has 0 spiro atoms. The molecule has 7 aromatic rings. The summed E-state index contributed by atoms with van der Waals surface area (Å²) < 4.78 is 2.28. The smallest absolute Gasteiger partial charge is 0.0633 e. The maximum atomic E-state index is 6.02. The predicted molar refractivity (Wildman–Crippen MR) is 226 cm³/mol. The third-order valence-corrected chi connectivity index (χ3v) is 9.68. The number of terminal acetylenes is 2. The van der Waals surface area contributed by atoms with E-state index in [0.717, 1.165) is 50.7 Å². The molecular weight excluding hydrogens is 641 g/mol. The van der Waals surface area contributed by atoms with E-state index in [1.54, 1.807) is 6.08 Å². The lowest BCUT2D eigenvalue weighted by Crippen LogP contribution is -2.15. The van der Waals surface area contributed by atoms with Crippen molar-refractivity contribution in [1.82, 2.24) is 4.57 Å². The monoisotopic (exact) mass is 680 g/mol. The lowest BCUT2D eigenvalue weighted by molar-refractivity contribution is 1.10. The first kappa shape index (κ1) is 34.4. The average molecular weight is 681 g/mol. The fourth-order valence-corrected chi connectivity index (χ4v) is 6.93. The average Bonchev–Trinajstić information content (AvgIpc) is 3.51. The fraction of sp³-hybridized carbons (Fsp3) is 0.0588. The first-order valence-electron chi connectivity index (χ1n) is 17.8. The lowest BCUT2D eigenvalue weighted by atomic mass is 9.99. The molecule has 6 aromatic carbocycles. The van der Waals surface area contributed by atoms with Gasteiger partial charge in [0.2, 0.25) is 0 Å². The van der Waals surface area contributed by atoms with Crippen molar-refractivity contribution in [3.8, 4) is 52.6 Å². The van der Waals surface area contributed by atoms with Crippen LogP contribution in [0.1, 0.15) is 29.7 Å². The molecule has 1 aromatic heterocycles. The molecule has 0 saturated carbocycles. The molecule has 7 rings (SSSR count). The van der Waals surface area contributed by atoms with Crippen molar-refractivity contribution in [2.45, 2.75) is 19.8 Å². The lowest BCUT2D eigenvalue weighted by Gasteiger charge is -2.27. The zero-order chi connectivity index (χ0) is 36.6. The van der Waals surface area contributed by atoms with E-state index in [4.69, 9.17) is 12.8 Å². The number of aromatic nitrogens is 1. The highest BCUT2D eigenvalue weighted by molar-refractivity contribution is 5.90. The second-order valence-corrected chi connectivity index (χ2v) is 12.8. The minimum absolute atomic E-state index is 0.142. The number of allylic oxidation sites excluding steroid dienone is 4. The van der Waals surface area contributed by atoms with Gasteiger partial charge in [-0.15, -0.1) is 12.8 Å². The topological polar surface area (TPSA) is 8.17 Å². The van der Waals surface area contributed by atoms with Crippen LogP contribution in [0.5, 0.6) is 0 Å². The Labute approximate surface area is 313 Å². The van der Waals surface area contributed by atoms with E-state index in [2.05, 4.69) is 187 Å². The molecule has 0 bridgehead atoms. The van der Waals surface area contributed by atoms with Crippen LogP contribution in [0.25, 0.3) is 44.9 Å². The second-order valence-electron chi connectivity index (χ2n) is 12.8. The first-order valence-corrected chi connectivity index (χ1v) is 17.8. The van der Waals surface area contributed by atoms with Crippen molar-refractivity contribution in [2.24, 2.45) is 0 Å². The Morgan fingerprint density at radius 3 is 1.74 bits per heavy atom. The first-order chi connectivity index (χ1) is 26.1. The SMILES string of the molecule is C#C/C=C\c1c(C)c2ccccc2n1-c1ccc(-c2ccc(N(C(/C=C\C(C#C)c3ccccc3)=C/C)c3ccc(-c4ccccc4)cc3)cc2)cc1. The summed E-state index contributed by atoms with van der Waals surface area (Å²) in [5, 5.41) is 1.22. The fourth-order valence-electron chi connectivity index (χ4n) is 6.93. The number of hydrogen-bond donors (Lipinski definition) is 0. The zero-order valence-electron chi connectivity index (χ0n) is 30.0. The number of anilines is 2. The number of rotatable bonds is 10. The van der Waals surface area contributed by atoms with Crippen LogP contribution >= 0.6 is 0 Å². The van der Waals surface area contributed by atoms with Crippen LogP contribution in [0.2, 0.25) is 0 Å². The van der Waals surface area contributed by atoms with Gasteiger partial charge in [-0.05, 0) is 108 Å². The molecule has 0 fully saturated rings. The van der Waals surface area contributed by atoms with Gasteiger partial charge in [0.25, 0.3) is 0 Å². The Hall–Kier alpha value is -7.00. The summed E-state index contributed by atoms with van der Waals surface area (Å²) >= 11 is 0. The van der Waals surface area contributed by atoms with Crippen LogP contribution in [0.4, 0.5) is 11.4 Å². The second kappa shape index (κ2) is 15.9. The van der Waals surface area contributed by atoms with Gasteiger partial charge < -0.3 is 9.47 Å². The molecule has 1 atom stereocenters. The summed E-state index contributed by atoms with van der Waals surface area (Å²) in [4.78, 5) is 2.28. The predicted octanol–water partition coefficient (Wildman–Crippen LogP) is 12.9. The third-order valence-electron chi connectivity index (χ3n) is 9.68. The van der Waals surface area contributed by atoms with E-state index in [1.165, 1.54) is 22.1 Å². The van der Waals surface area contributed by atoms with Crippen molar-refractivity contribution < 1.29 is 0 Å². The number of hydrogen-bond acceptors (Lipinski definition) is 1. The Morgan fingerprint density at radius 1 is 0.642 bits per heavy atom. The van der Waals surface area contributed by atoms with Gasteiger partial charge in [0.1, 0.15) is 0 Å². The maximum Gasteiger partial charge on any atom is 0.0633 e. The third kappa shape index (κ3) is 7.27. The molecule has 0 radical (unpaired) electrons. The summed E-state index contributed by atoms with van der Waals surface area (Å²) in [5.74, 6) is 5.46. The maximum absolute atomic E-state index is 6.02. The molecule has 0 amide bonds. The highest BCUT2D eigenvalue weighted by Crippen LogP contribution is 2.35. The van der Waals surface area contributed by atoms with Crippen LogP contribution in [0.3, 0.4) is 0 Å². The van der Waals surface area contributed by atoms with Crippen molar-refractivity contribution in [3.63, 3.8) is 0 Å². The van der Waals surface area contributed by atoms with E-state index in [1.807, 2.05) is 30.3 Å². The van der Waals surface area contributed by atoms with Gasteiger partial charge in [-0.1, -0.05) is 139 Å². The molecule has 53 heavy (non-hydrogen) atoms. The molecule has 0 aliphatic rings. The van der Waals surface area contributed by atoms with Gasteiger partial charge in [0.15, 0.2) is 0 Å². The molecule has 0 N–H and O–H groups in total. The summed E-state index contributed by atoms with van der Waals surface area (Å²) in [5.41, 5.74) is 13.4. The Bertz CT molecular complexity index is 2500. The van der Waals surface area contributed by atoms with Crippen LogP contribution in [-0.2, 0) is 0 Å². The van der Waals surface area contributed by atoms with Crippen LogP contribution in [0.15, 0.2) is 188 Å². The van der Waals surface area contributed by atoms with E-state index in [-0.39, 0.29) is 5.92 Å². The normalized spacial score (nSPS) is 12.2. The summed E-state index contributed by atoms with van der Waals surface area (Å²) in [6.07, 6.45) is 21.8. The summed E-state index contributed by atoms with van der Waals surface area (Å²) in [6, 6.07) is 55.4. The van der Waals surface area contributed by atoms with Crippen molar-refractivity contribution in [3.05, 3.63) is 205 Å². The summed E-state index contributed by atoms with van der Waals surface area (Å²) in [6.45, 7) is 4.22. The number of benzene rings is 6. The van der Waals surface area contributed by atoms with Crippen LogP contribution < -0.4 is 4.90 Å². The Morgan fingerprint density at radius 2 is 1.17 bits per heavy atom. The van der Waals surface area contributed by atoms with Crippen molar-refractivity contribution >= 4 is 28.4 Å². The number of para-hydroxylation sites is 1. The number of fused-ring (bicyclic) bond motifs is 1. The van der Waals surface area contributed by atoms with Crippen molar-refractivity contribution in [1.29, 1.82) is 0 Å². The molecule has 0 aliphatic heterocycles. The van der Waals surface area contributed by atoms with E-state index >= 15 is 0 Å². The largest absolute Gasteiger partial charge is 0.311 e. The van der Waals surface area contributed by atoms with Gasteiger partial charge in [-0.3, -0.25) is 0 Å². The number of aryl methyl sites for hydroxylation is 1. The molecular formula is C51H40N2. The standard InChI is InChI=1S/C51H40N2/c1-5-8-22-50-38(4)49-21-15-16-23-51(49)53(50)48-36-29-44(30-37-48)43-27-34-47(35-28-43)52(46-32-25-42(26-33-46)41-19-13-10-14-20-41)45(7-3)31-24-39(6-2)40-17-11-9-12-18-40/h1-2,7-37,39H,3-4H3/b22-8-,31-24-,45-7+. The van der Waals surface area contributed by atoms with E-state index in [9.17, 15) is 0 Å². The zero-order valence-corrected chi connectivity index (χ0v) is 30.0. The van der Waals surface area contributed by atoms with Gasteiger partial charge in [0.05, 0.1) is 17.1 Å².